The van der Waals surface area contributed by atoms with E-state index >= 15 is 0 Å². The van der Waals surface area contributed by atoms with Crippen molar-refractivity contribution in [2.24, 2.45) is 5.92 Å². The van der Waals surface area contributed by atoms with Gasteiger partial charge in [-0.1, -0.05) is 32.4 Å². The molecule has 0 saturated carbocycles. The summed E-state index contributed by atoms with van der Waals surface area (Å²) in [6.45, 7) is 4.32. The second-order valence-electron chi connectivity index (χ2n) is 3.72. The molecule has 0 aromatic heterocycles. The Hall–Kier alpha value is -1.31. The molecule has 2 nitrogen and oxygen atoms in total. The highest BCUT2D eigenvalue weighted by molar-refractivity contribution is 5.87. The number of carbonyl (C=O) groups is 1. The van der Waals surface area contributed by atoms with Crippen molar-refractivity contribution in [3.8, 4) is 0 Å². The standard InChI is InChI=1S/C12H16O2/c1-3-9(2)7-10-5-4-6-11(8-10)12(13)14/h4-6,8-9H,3,7H2,1-2H3,(H,13,14). The van der Waals surface area contributed by atoms with Gasteiger partial charge in [-0.15, -0.1) is 0 Å². The van der Waals surface area contributed by atoms with Crippen molar-refractivity contribution in [1.82, 2.24) is 0 Å². The van der Waals surface area contributed by atoms with E-state index < -0.39 is 5.97 Å². The fourth-order valence-electron chi connectivity index (χ4n) is 1.38. The van der Waals surface area contributed by atoms with E-state index in [1.54, 1.807) is 18.2 Å². The quantitative estimate of drug-likeness (QED) is 0.796. The van der Waals surface area contributed by atoms with Crippen LogP contribution in [0.5, 0.6) is 0 Å². The van der Waals surface area contributed by atoms with Crippen LogP contribution in [0.3, 0.4) is 0 Å². The topological polar surface area (TPSA) is 37.3 Å². The first-order valence-electron chi connectivity index (χ1n) is 4.95. The molecular weight excluding hydrogens is 176 g/mol. The van der Waals surface area contributed by atoms with E-state index in [1.807, 2.05) is 6.07 Å². The van der Waals surface area contributed by atoms with Crippen LogP contribution in [0.15, 0.2) is 24.3 Å². The monoisotopic (exact) mass is 192 g/mol. The fourth-order valence-corrected chi connectivity index (χ4v) is 1.38. The molecule has 0 spiro atoms. The van der Waals surface area contributed by atoms with E-state index in [4.69, 9.17) is 5.11 Å². The zero-order chi connectivity index (χ0) is 10.6. The normalized spacial score (nSPS) is 12.4. The van der Waals surface area contributed by atoms with Gasteiger partial charge in [-0.25, -0.2) is 4.79 Å². The third kappa shape index (κ3) is 2.87. The SMILES string of the molecule is CCC(C)Cc1cccc(C(=O)O)c1. The minimum absolute atomic E-state index is 0.380. The number of carboxylic acid groups (broad SMARTS) is 1. The van der Waals surface area contributed by atoms with Crippen LogP contribution in [0.1, 0.15) is 36.2 Å². The number of aromatic carboxylic acids is 1. The highest BCUT2D eigenvalue weighted by Gasteiger charge is 2.05. The Labute approximate surface area is 84.6 Å². The Balaban J connectivity index is 2.78. The van der Waals surface area contributed by atoms with Gasteiger partial charge in [-0.2, -0.15) is 0 Å². The predicted octanol–water partition coefficient (Wildman–Crippen LogP) is 2.97. The van der Waals surface area contributed by atoms with Crippen LogP contribution >= 0.6 is 0 Å². The summed E-state index contributed by atoms with van der Waals surface area (Å²) in [5, 5.41) is 8.80. The molecule has 0 amide bonds. The van der Waals surface area contributed by atoms with Crippen LogP contribution in [0, 0.1) is 5.92 Å². The Kier molecular flexibility index (Phi) is 3.69. The largest absolute Gasteiger partial charge is 0.478 e. The molecule has 1 atom stereocenters. The molecule has 0 aliphatic heterocycles. The van der Waals surface area contributed by atoms with Crippen LogP contribution < -0.4 is 0 Å². The van der Waals surface area contributed by atoms with Crippen LogP contribution in [0.2, 0.25) is 0 Å². The van der Waals surface area contributed by atoms with Gasteiger partial charge in [-0.3, -0.25) is 0 Å². The molecule has 0 saturated heterocycles. The summed E-state index contributed by atoms with van der Waals surface area (Å²) in [6.07, 6.45) is 2.08. The molecule has 76 valence electrons. The molecule has 1 N–H and O–H groups in total. The van der Waals surface area contributed by atoms with Crippen molar-refractivity contribution in [1.29, 1.82) is 0 Å². The highest BCUT2D eigenvalue weighted by Crippen LogP contribution is 2.13. The molecule has 0 aliphatic carbocycles. The second kappa shape index (κ2) is 4.80. The van der Waals surface area contributed by atoms with Gasteiger partial charge < -0.3 is 5.11 Å². The summed E-state index contributed by atoms with van der Waals surface area (Å²) in [5.41, 5.74) is 1.49. The maximum Gasteiger partial charge on any atom is 0.335 e. The number of rotatable bonds is 4. The van der Waals surface area contributed by atoms with Crippen LogP contribution in [-0.2, 0) is 6.42 Å². The first-order valence-corrected chi connectivity index (χ1v) is 4.95. The molecule has 14 heavy (non-hydrogen) atoms. The lowest BCUT2D eigenvalue weighted by Gasteiger charge is -2.08. The molecular formula is C12H16O2. The maximum atomic E-state index is 10.7. The number of hydrogen-bond donors (Lipinski definition) is 1. The summed E-state index contributed by atoms with van der Waals surface area (Å²) >= 11 is 0. The van der Waals surface area contributed by atoms with Crippen molar-refractivity contribution in [3.63, 3.8) is 0 Å². The third-order valence-corrected chi connectivity index (χ3v) is 2.46. The van der Waals surface area contributed by atoms with Crippen LogP contribution in [0.4, 0.5) is 0 Å². The van der Waals surface area contributed by atoms with Crippen molar-refractivity contribution in [2.75, 3.05) is 0 Å². The number of hydrogen-bond acceptors (Lipinski definition) is 1. The van der Waals surface area contributed by atoms with Gasteiger partial charge >= 0.3 is 5.97 Å². The van der Waals surface area contributed by atoms with Crippen molar-refractivity contribution in [2.45, 2.75) is 26.7 Å². The smallest absolute Gasteiger partial charge is 0.335 e. The lowest BCUT2D eigenvalue weighted by Crippen LogP contribution is -2.01. The molecule has 1 aromatic rings. The van der Waals surface area contributed by atoms with Crippen molar-refractivity contribution >= 4 is 5.97 Å². The van der Waals surface area contributed by atoms with Gasteiger partial charge in [0.25, 0.3) is 0 Å². The summed E-state index contributed by atoms with van der Waals surface area (Å²) in [7, 11) is 0. The molecule has 2 heteroatoms. The van der Waals surface area contributed by atoms with Gasteiger partial charge in [0.05, 0.1) is 5.56 Å². The van der Waals surface area contributed by atoms with E-state index in [0.29, 0.717) is 11.5 Å². The second-order valence-corrected chi connectivity index (χ2v) is 3.72. The van der Waals surface area contributed by atoms with Gasteiger partial charge in [0, 0.05) is 0 Å². The van der Waals surface area contributed by atoms with E-state index in [2.05, 4.69) is 13.8 Å². The minimum Gasteiger partial charge on any atom is -0.478 e. The molecule has 0 radical (unpaired) electrons. The lowest BCUT2D eigenvalue weighted by molar-refractivity contribution is 0.0696. The summed E-state index contributed by atoms with van der Waals surface area (Å²) in [4.78, 5) is 10.7. The molecule has 1 aromatic carbocycles. The zero-order valence-corrected chi connectivity index (χ0v) is 8.66. The highest BCUT2D eigenvalue weighted by atomic mass is 16.4. The van der Waals surface area contributed by atoms with Gasteiger partial charge in [0.2, 0.25) is 0 Å². The summed E-state index contributed by atoms with van der Waals surface area (Å²) in [6, 6.07) is 7.18. The van der Waals surface area contributed by atoms with Gasteiger partial charge in [-0.05, 0) is 30.0 Å². The fraction of sp³-hybridized carbons (Fsp3) is 0.417. The van der Waals surface area contributed by atoms with E-state index in [1.165, 1.54) is 0 Å². The number of carboxylic acids is 1. The molecule has 0 heterocycles. The Morgan fingerprint density at radius 2 is 2.21 bits per heavy atom. The number of benzene rings is 1. The Morgan fingerprint density at radius 1 is 1.50 bits per heavy atom. The van der Waals surface area contributed by atoms with Crippen LogP contribution in [0.25, 0.3) is 0 Å². The average Bonchev–Trinajstić information content (AvgIpc) is 2.18. The van der Waals surface area contributed by atoms with Gasteiger partial charge in [0.15, 0.2) is 0 Å². The average molecular weight is 192 g/mol. The van der Waals surface area contributed by atoms with E-state index in [0.717, 1.165) is 18.4 Å². The third-order valence-electron chi connectivity index (χ3n) is 2.46. The molecule has 0 fully saturated rings. The zero-order valence-electron chi connectivity index (χ0n) is 8.66. The van der Waals surface area contributed by atoms with E-state index in [-0.39, 0.29) is 0 Å². The molecule has 1 unspecified atom stereocenters. The van der Waals surface area contributed by atoms with Crippen molar-refractivity contribution < 1.29 is 9.90 Å². The first kappa shape index (κ1) is 10.8. The summed E-state index contributed by atoms with van der Waals surface area (Å²) < 4.78 is 0. The molecule has 0 aliphatic rings. The lowest BCUT2D eigenvalue weighted by atomic mass is 9.98. The predicted molar refractivity (Wildman–Crippen MR) is 56.6 cm³/mol. The Morgan fingerprint density at radius 3 is 2.79 bits per heavy atom. The minimum atomic E-state index is -0.851. The molecule has 0 bridgehead atoms. The maximum absolute atomic E-state index is 10.7. The summed E-state index contributed by atoms with van der Waals surface area (Å²) in [5.74, 6) is -0.241. The van der Waals surface area contributed by atoms with E-state index in [9.17, 15) is 4.79 Å². The van der Waals surface area contributed by atoms with Crippen LogP contribution in [-0.4, -0.2) is 11.1 Å². The van der Waals surface area contributed by atoms with Crippen molar-refractivity contribution in [3.05, 3.63) is 35.4 Å². The Bertz CT molecular complexity index is 318. The van der Waals surface area contributed by atoms with Gasteiger partial charge in [0.1, 0.15) is 0 Å². The molecule has 1 rings (SSSR count). The first-order chi connectivity index (χ1) is 6.63.